The summed E-state index contributed by atoms with van der Waals surface area (Å²) in [7, 11) is 1.85. The third-order valence-corrected chi connectivity index (χ3v) is 4.03. The van der Waals surface area contributed by atoms with Gasteiger partial charge in [0.05, 0.1) is 0 Å². The number of nitrogens with zero attached hydrogens (tertiary/aromatic N) is 4. The highest BCUT2D eigenvalue weighted by molar-refractivity contribution is 7.99. The van der Waals surface area contributed by atoms with Crippen molar-refractivity contribution in [1.29, 1.82) is 0 Å². The van der Waals surface area contributed by atoms with E-state index in [2.05, 4.69) is 39.6 Å². The summed E-state index contributed by atoms with van der Waals surface area (Å²) in [6, 6.07) is 8.12. The van der Waals surface area contributed by atoms with E-state index in [1.165, 1.54) is 5.56 Å². The van der Waals surface area contributed by atoms with Gasteiger partial charge in [-0.05, 0) is 41.1 Å². The molecule has 0 radical (unpaired) electrons. The van der Waals surface area contributed by atoms with Gasteiger partial charge >= 0.3 is 0 Å². The van der Waals surface area contributed by atoms with Crippen LogP contribution in [0.5, 0.6) is 5.75 Å². The molecule has 0 fully saturated rings. The number of benzene rings is 1. The molecule has 0 unspecified atom stereocenters. The van der Waals surface area contributed by atoms with E-state index in [4.69, 9.17) is 4.74 Å². The summed E-state index contributed by atoms with van der Waals surface area (Å²) in [5.41, 5.74) is 1.25. The zero-order valence-electron chi connectivity index (χ0n) is 12.7. The van der Waals surface area contributed by atoms with E-state index in [0.29, 0.717) is 6.61 Å². The molecule has 0 aliphatic heterocycles. The van der Waals surface area contributed by atoms with Gasteiger partial charge in [-0.15, -0.1) is 5.10 Å². The first-order valence-corrected chi connectivity index (χ1v) is 8.16. The second-order valence-electron chi connectivity index (χ2n) is 4.71. The number of tetrazole rings is 1. The van der Waals surface area contributed by atoms with E-state index in [0.717, 1.165) is 36.2 Å². The topological polar surface area (TPSA) is 64.9 Å². The summed E-state index contributed by atoms with van der Waals surface area (Å²) >= 11 is 1.67. The summed E-state index contributed by atoms with van der Waals surface area (Å²) < 4.78 is 7.14. The van der Waals surface area contributed by atoms with E-state index < -0.39 is 0 Å². The van der Waals surface area contributed by atoms with Crippen LogP contribution in [0.25, 0.3) is 0 Å². The van der Waals surface area contributed by atoms with Crippen LogP contribution in [0.3, 0.4) is 0 Å². The van der Waals surface area contributed by atoms with Crippen molar-refractivity contribution in [3.05, 3.63) is 42.5 Å². The maximum absolute atomic E-state index is 5.45. The molecule has 118 valence electrons. The molecule has 2 aromatic rings. The lowest BCUT2D eigenvalue weighted by atomic mass is 10.2. The number of thioether (sulfide) groups is 1. The van der Waals surface area contributed by atoms with E-state index in [-0.39, 0.29) is 0 Å². The Morgan fingerprint density at radius 1 is 1.36 bits per heavy atom. The van der Waals surface area contributed by atoms with Gasteiger partial charge in [0.1, 0.15) is 12.4 Å². The minimum atomic E-state index is 0.538. The summed E-state index contributed by atoms with van der Waals surface area (Å²) in [5, 5.41) is 15.6. The summed E-state index contributed by atoms with van der Waals surface area (Å²) in [5.74, 6) is 1.87. The Morgan fingerprint density at radius 3 is 2.86 bits per heavy atom. The molecule has 1 aromatic heterocycles. The van der Waals surface area contributed by atoms with Gasteiger partial charge < -0.3 is 10.1 Å². The van der Waals surface area contributed by atoms with E-state index >= 15 is 0 Å². The van der Waals surface area contributed by atoms with Crippen LogP contribution in [-0.2, 0) is 13.6 Å². The van der Waals surface area contributed by atoms with Crippen LogP contribution in [0, 0.1) is 0 Å². The number of hydrogen-bond acceptors (Lipinski definition) is 6. The second-order valence-corrected chi connectivity index (χ2v) is 5.77. The molecule has 0 saturated carbocycles. The van der Waals surface area contributed by atoms with Crippen LogP contribution in [-0.4, -0.2) is 39.1 Å². The molecule has 0 atom stereocenters. The molecule has 6 nitrogen and oxygen atoms in total. The van der Waals surface area contributed by atoms with E-state index in [1.807, 2.05) is 19.2 Å². The van der Waals surface area contributed by atoms with Gasteiger partial charge in [-0.25, -0.2) is 4.68 Å². The molecule has 1 heterocycles. The average molecular weight is 319 g/mol. The summed E-state index contributed by atoms with van der Waals surface area (Å²) in [6.07, 6.45) is 2.81. The normalized spacial score (nSPS) is 10.6. The lowest BCUT2D eigenvalue weighted by Gasteiger charge is -2.07. The molecule has 0 aliphatic carbocycles. The van der Waals surface area contributed by atoms with Gasteiger partial charge in [-0.2, -0.15) is 0 Å². The minimum absolute atomic E-state index is 0.538. The number of aromatic nitrogens is 4. The lowest BCUT2D eigenvalue weighted by molar-refractivity contribution is 0.363. The third kappa shape index (κ3) is 5.50. The number of rotatable bonds is 10. The molecule has 0 amide bonds. The Hall–Kier alpha value is -1.86. The number of aryl methyl sites for hydroxylation is 1. The highest BCUT2D eigenvalue weighted by atomic mass is 32.2. The first kappa shape index (κ1) is 16.5. The molecule has 2 rings (SSSR count). The van der Waals surface area contributed by atoms with Gasteiger partial charge in [0, 0.05) is 19.3 Å². The Bertz CT molecular complexity index is 570. The first-order chi connectivity index (χ1) is 10.8. The van der Waals surface area contributed by atoms with Crippen LogP contribution < -0.4 is 10.1 Å². The summed E-state index contributed by atoms with van der Waals surface area (Å²) in [4.78, 5) is 0. The SMILES string of the molecule is C=CCOc1ccc(CNCCCSc2nnnn2C)cc1. The Kier molecular flexibility index (Phi) is 6.92. The largest absolute Gasteiger partial charge is 0.490 e. The zero-order valence-corrected chi connectivity index (χ0v) is 13.6. The Labute approximate surface area is 134 Å². The van der Waals surface area contributed by atoms with Gasteiger partial charge in [0.25, 0.3) is 0 Å². The monoisotopic (exact) mass is 319 g/mol. The van der Waals surface area contributed by atoms with Gasteiger partial charge in [-0.1, -0.05) is 36.5 Å². The van der Waals surface area contributed by atoms with Crippen molar-refractivity contribution in [3.8, 4) is 5.75 Å². The third-order valence-electron chi connectivity index (χ3n) is 2.93. The second kappa shape index (κ2) is 9.22. The maximum atomic E-state index is 5.45. The van der Waals surface area contributed by atoms with Crippen molar-refractivity contribution in [3.63, 3.8) is 0 Å². The molecule has 7 heteroatoms. The fourth-order valence-corrected chi connectivity index (χ4v) is 2.58. The number of ether oxygens (including phenoxy) is 1. The van der Waals surface area contributed by atoms with Gasteiger partial charge in [0.15, 0.2) is 0 Å². The smallest absolute Gasteiger partial charge is 0.209 e. The van der Waals surface area contributed by atoms with Crippen molar-refractivity contribution in [2.45, 2.75) is 18.1 Å². The molecule has 0 spiro atoms. The Morgan fingerprint density at radius 2 is 2.18 bits per heavy atom. The minimum Gasteiger partial charge on any atom is -0.490 e. The fraction of sp³-hybridized carbons (Fsp3) is 0.400. The zero-order chi connectivity index (χ0) is 15.6. The molecular weight excluding hydrogens is 298 g/mol. The van der Waals surface area contributed by atoms with Crippen LogP contribution in [0.1, 0.15) is 12.0 Å². The van der Waals surface area contributed by atoms with Gasteiger partial charge in [-0.3, -0.25) is 0 Å². The van der Waals surface area contributed by atoms with Crippen molar-refractivity contribution >= 4 is 11.8 Å². The average Bonchev–Trinajstić information content (AvgIpc) is 2.95. The number of hydrogen-bond donors (Lipinski definition) is 1. The van der Waals surface area contributed by atoms with Crippen LogP contribution in [0.4, 0.5) is 0 Å². The molecule has 0 bridgehead atoms. The maximum Gasteiger partial charge on any atom is 0.209 e. The first-order valence-electron chi connectivity index (χ1n) is 7.18. The molecule has 0 saturated heterocycles. The quantitative estimate of drug-likeness (QED) is 0.411. The highest BCUT2D eigenvalue weighted by Gasteiger charge is 2.01. The predicted octanol–water partition coefficient (Wildman–Crippen LogP) is 2.05. The molecular formula is C15H21N5OS. The van der Waals surface area contributed by atoms with Crippen molar-refractivity contribution in [2.75, 3.05) is 18.9 Å². The Balaban J connectivity index is 1.58. The highest BCUT2D eigenvalue weighted by Crippen LogP contribution is 2.13. The van der Waals surface area contributed by atoms with Gasteiger partial charge in [0.2, 0.25) is 5.16 Å². The summed E-state index contributed by atoms with van der Waals surface area (Å²) in [6.45, 7) is 5.99. The predicted molar refractivity (Wildman–Crippen MR) is 88.0 cm³/mol. The standard InChI is InChI=1S/C15H21N5OS/c1-3-10-21-14-7-5-13(6-8-14)12-16-9-4-11-22-15-17-18-19-20(15)2/h3,5-8,16H,1,4,9-12H2,2H3. The molecule has 1 N–H and O–H groups in total. The molecule has 22 heavy (non-hydrogen) atoms. The van der Waals surface area contributed by atoms with Crippen molar-refractivity contribution in [1.82, 2.24) is 25.5 Å². The van der Waals surface area contributed by atoms with Crippen LogP contribution in [0.15, 0.2) is 42.1 Å². The van der Waals surface area contributed by atoms with Crippen molar-refractivity contribution in [2.24, 2.45) is 7.05 Å². The number of nitrogens with one attached hydrogen (secondary N) is 1. The van der Waals surface area contributed by atoms with Crippen molar-refractivity contribution < 1.29 is 4.74 Å². The van der Waals surface area contributed by atoms with E-state index in [9.17, 15) is 0 Å². The molecule has 1 aromatic carbocycles. The molecule has 0 aliphatic rings. The van der Waals surface area contributed by atoms with Crippen LogP contribution in [0.2, 0.25) is 0 Å². The van der Waals surface area contributed by atoms with E-state index in [1.54, 1.807) is 22.5 Å². The fourth-order valence-electron chi connectivity index (χ4n) is 1.80. The lowest BCUT2D eigenvalue weighted by Crippen LogP contribution is -2.15. The van der Waals surface area contributed by atoms with Crippen LogP contribution >= 0.6 is 11.8 Å².